The number of carbonyl (C=O) groups excluding carboxylic acids is 1. The number of hydrogen-bond acceptors (Lipinski definition) is 7. The monoisotopic (exact) mass is 396 g/mol. The minimum atomic E-state index is -0.0493. The van der Waals surface area contributed by atoms with Gasteiger partial charge in [-0.15, -0.1) is 0 Å². The van der Waals surface area contributed by atoms with E-state index in [0.717, 1.165) is 36.7 Å². The number of nitriles is 1. The Morgan fingerprint density at radius 1 is 1.28 bits per heavy atom. The predicted octanol–water partition coefficient (Wildman–Crippen LogP) is 2.25. The van der Waals surface area contributed by atoms with E-state index in [9.17, 15) is 4.79 Å². The van der Waals surface area contributed by atoms with E-state index in [1.807, 2.05) is 30.0 Å². The number of piperazine rings is 1. The van der Waals surface area contributed by atoms with Crippen molar-refractivity contribution in [1.29, 1.82) is 5.26 Å². The number of carbonyl (C=O) groups is 1. The number of amides is 1. The SMILES string of the molecule is COc1cc(/C=C/C(=O)N2CCN(Cc3cc(C)on3)CC2)ccc1OCC#N. The molecule has 0 unspecified atom stereocenters. The number of nitrogens with zero attached hydrogens (tertiary/aromatic N) is 4. The number of aromatic nitrogens is 1. The minimum absolute atomic E-state index is 0.0225. The van der Waals surface area contributed by atoms with Gasteiger partial charge in [-0.3, -0.25) is 9.69 Å². The largest absolute Gasteiger partial charge is 0.493 e. The van der Waals surface area contributed by atoms with Crippen LogP contribution in [0.4, 0.5) is 0 Å². The van der Waals surface area contributed by atoms with Gasteiger partial charge in [-0.25, -0.2) is 0 Å². The second kappa shape index (κ2) is 9.75. The number of aryl methyl sites for hydroxylation is 1. The molecule has 8 heteroatoms. The van der Waals surface area contributed by atoms with Crippen molar-refractivity contribution in [3.8, 4) is 17.6 Å². The van der Waals surface area contributed by atoms with Crippen LogP contribution in [-0.2, 0) is 11.3 Å². The highest BCUT2D eigenvalue weighted by Gasteiger charge is 2.20. The molecule has 3 rings (SSSR count). The molecule has 0 aliphatic carbocycles. The fraction of sp³-hybridized carbons (Fsp3) is 0.381. The predicted molar refractivity (Wildman–Crippen MR) is 106 cm³/mol. The summed E-state index contributed by atoms with van der Waals surface area (Å²) in [5.74, 6) is 1.80. The van der Waals surface area contributed by atoms with Crippen molar-refractivity contribution < 1.29 is 18.8 Å². The summed E-state index contributed by atoms with van der Waals surface area (Å²) in [5.41, 5.74) is 1.73. The first-order chi connectivity index (χ1) is 14.1. The second-order valence-corrected chi connectivity index (χ2v) is 6.72. The first kappa shape index (κ1) is 20.4. The number of methoxy groups -OCH3 is 1. The summed E-state index contributed by atoms with van der Waals surface area (Å²) in [6, 6.07) is 9.17. The van der Waals surface area contributed by atoms with Crippen molar-refractivity contribution in [1.82, 2.24) is 15.0 Å². The zero-order chi connectivity index (χ0) is 20.6. The van der Waals surface area contributed by atoms with Gasteiger partial charge in [0, 0.05) is 44.9 Å². The topological polar surface area (TPSA) is 91.8 Å². The molecule has 1 amide bonds. The molecule has 1 saturated heterocycles. The highest BCUT2D eigenvalue weighted by molar-refractivity contribution is 5.92. The fourth-order valence-corrected chi connectivity index (χ4v) is 3.14. The molecule has 1 aliphatic rings. The average molecular weight is 396 g/mol. The van der Waals surface area contributed by atoms with Crippen molar-refractivity contribution in [2.45, 2.75) is 13.5 Å². The lowest BCUT2D eigenvalue weighted by Crippen LogP contribution is -2.47. The first-order valence-corrected chi connectivity index (χ1v) is 9.38. The summed E-state index contributed by atoms with van der Waals surface area (Å²) in [7, 11) is 1.53. The molecule has 0 atom stereocenters. The van der Waals surface area contributed by atoms with E-state index >= 15 is 0 Å². The Morgan fingerprint density at radius 3 is 2.72 bits per heavy atom. The molecule has 8 nitrogen and oxygen atoms in total. The lowest BCUT2D eigenvalue weighted by molar-refractivity contribution is -0.127. The van der Waals surface area contributed by atoms with Crippen LogP contribution in [0, 0.1) is 18.3 Å². The molecule has 0 saturated carbocycles. The van der Waals surface area contributed by atoms with Gasteiger partial charge in [0.2, 0.25) is 5.91 Å². The van der Waals surface area contributed by atoms with Crippen LogP contribution in [0.15, 0.2) is 34.9 Å². The minimum Gasteiger partial charge on any atom is -0.493 e. The van der Waals surface area contributed by atoms with Crippen LogP contribution >= 0.6 is 0 Å². The quantitative estimate of drug-likeness (QED) is 0.663. The Balaban J connectivity index is 1.52. The lowest BCUT2D eigenvalue weighted by atomic mass is 10.2. The van der Waals surface area contributed by atoms with Gasteiger partial charge in [0.15, 0.2) is 18.1 Å². The van der Waals surface area contributed by atoms with Crippen LogP contribution in [0.5, 0.6) is 11.5 Å². The zero-order valence-electron chi connectivity index (χ0n) is 16.6. The molecule has 1 aromatic carbocycles. The van der Waals surface area contributed by atoms with Crippen LogP contribution in [0.25, 0.3) is 6.08 Å². The van der Waals surface area contributed by atoms with Gasteiger partial charge in [0.25, 0.3) is 0 Å². The molecule has 1 fully saturated rings. The average Bonchev–Trinajstić information content (AvgIpc) is 3.15. The molecule has 2 aromatic rings. The lowest BCUT2D eigenvalue weighted by Gasteiger charge is -2.33. The smallest absolute Gasteiger partial charge is 0.246 e. The fourth-order valence-electron chi connectivity index (χ4n) is 3.14. The molecule has 1 aromatic heterocycles. The molecule has 152 valence electrons. The van der Waals surface area contributed by atoms with Crippen molar-refractivity contribution in [2.24, 2.45) is 0 Å². The van der Waals surface area contributed by atoms with Gasteiger partial charge in [-0.05, 0) is 30.7 Å². The van der Waals surface area contributed by atoms with Crippen LogP contribution in [0.3, 0.4) is 0 Å². The van der Waals surface area contributed by atoms with E-state index in [1.165, 1.54) is 7.11 Å². The maximum absolute atomic E-state index is 12.5. The van der Waals surface area contributed by atoms with Crippen molar-refractivity contribution in [3.63, 3.8) is 0 Å². The summed E-state index contributed by atoms with van der Waals surface area (Å²) in [4.78, 5) is 16.6. The number of benzene rings is 1. The maximum Gasteiger partial charge on any atom is 0.246 e. The Kier molecular flexibility index (Phi) is 6.87. The van der Waals surface area contributed by atoms with E-state index in [4.69, 9.17) is 19.3 Å². The highest BCUT2D eigenvalue weighted by atomic mass is 16.5. The molecule has 0 radical (unpaired) electrons. The molecule has 0 N–H and O–H groups in total. The Hall–Kier alpha value is -3.31. The van der Waals surface area contributed by atoms with Gasteiger partial charge >= 0.3 is 0 Å². The zero-order valence-corrected chi connectivity index (χ0v) is 16.6. The Morgan fingerprint density at radius 2 is 2.07 bits per heavy atom. The van der Waals surface area contributed by atoms with Crippen LogP contribution in [-0.4, -0.2) is 60.8 Å². The van der Waals surface area contributed by atoms with Crippen molar-refractivity contribution in [3.05, 3.63) is 47.4 Å². The molecule has 0 spiro atoms. The highest BCUT2D eigenvalue weighted by Crippen LogP contribution is 2.28. The van der Waals surface area contributed by atoms with Crippen LogP contribution in [0.1, 0.15) is 17.0 Å². The molecule has 29 heavy (non-hydrogen) atoms. The molecule has 0 bridgehead atoms. The second-order valence-electron chi connectivity index (χ2n) is 6.72. The first-order valence-electron chi connectivity index (χ1n) is 9.38. The summed E-state index contributed by atoms with van der Waals surface area (Å²) >= 11 is 0. The van der Waals surface area contributed by atoms with Crippen molar-refractivity contribution in [2.75, 3.05) is 39.9 Å². The van der Waals surface area contributed by atoms with E-state index in [0.29, 0.717) is 24.6 Å². The maximum atomic E-state index is 12.5. The molecule has 2 heterocycles. The van der Waals surface area contributed by atoms with E-state index in [2.05, 4.69) is 10.1 Å². The van der Waals surface area contributed by atoms with Crippen LogP contribution in [0.2, 0.25) is 0 Å². The number of ether oxygens (including phenoxy) is 2. The van der Waals surface area contributed by atoms with Crippen molar-refractivity contribution >= 4 is 12.0 Å². The van der Waals surface area contributed by atoms with E-state index in [-0.39, 0.29) is 12.5 Å². The standard InChI is InChI=1S/C21H24N4O4/c1-16-13-18(23-29-16)15-24-8-10-25(11-9-24)21(26)6-4-17-3-5-19(28-12-7-22)20(14-17)27-2/h3-6,13-14H,8-12,15H2,1-2H3/b6-4+. The van der Waals surface area contributed by atoms with Crippen LogP contribution < -0.4 is 9.47 Å². The van der Waals surface area contributed by atoms with Gasteiger partial charge in [0.1, 0.15) is 11.8 Å². The van der Waals surface area contributed by atoms with Gasteiger partial charge in [-0.2, -0.15) is 5.26 Å². The van der Waals surface area contributed by atoms with Gasteiger partial charge in [0.05, 0.1) is 12.8 Å². The number of hydrogen-bond donors (Lipinski definition) is 0. The summed E-state index contributed by atoms with van der Waals surface area (Å²) in [6.07, 6.45) is 3.32. The summed E-state index contributed by atoms with van der Waals surface area (Å²) in [6.45, 7) is 5.49. The third kappa shape index (κ3) is 5.59. The summed E-state index contributed by atoms with van der Waals surface area (Å²) in [5, 5.41) is 12.6. The Labute approximate surface area is 169 Å². The number of rotatable bonds is 7. The van der Waals surface area contributed by atoms with E-state index < -0.39 is 0 Å². The molecular weight excluding hydrogens is 372 g/mol. The third-order valence-electron chi connectivity index (χ3n) is 4.64. The van der Waals surface area contributed by atoms with Gasteiger partial charge < -0.3 is 18.9 Å². The normalized spacial score (nSPS) is 14.7. The summed E-state index contributed by atoms with van der Waals surface area (Å²) < 4.78 is 15.7. The third-order valence-corrected chi connectivity index (χ3v) is 4.64. The van der Waals surface area contributed by atoms with E-state index in [1.54, 1.807) is 24.3 Å². The van der Waals surface area contributed by atoms with Gasteiger partial charge in [-0.1, -0.05) is 11.2 Å². The Bertz CT molecular complexity index is 908. The molecular formula is C21H24N4O4. The molecule has 1 aliphatic heterocycles.